The van der Waals surface area contributed by atoms with E-state index in [2.05, 4.69) is 16.8 Å². The van der Waals surface area contributed by atoms with Gasteiger partial charge in [-0.2, -0.15) is 0 Å². The number of likely N-dealkylation sites (tertiary alicyclic amines) is 1. The van der Waals surface area contributed by atoms with Crippen LogP contribution in [0.15, 0.2) is 12.7 Å². The van der Waals surface area contributed by atoms with Crippen molar-refractivity contribution in [3.05, 3.63) is 12.7 Å². The molecule has 4 heteroatoms. The van der Waals surface area contributed by atoms with E-state index in [1.807, 2.05) is 6.08 Å². The average molecular weight is 278 g/mol. The van der Waals surface area contributed by atoms with Crippen molar-refractivity contribution in [3.8, 4) is 0 Å². The summed E-state index contributed by atoms with van der Waals surface area (Å²) in [6.07, 6.45) is 9.72. The van der Waals surface area contributed by atoms with Crippen LogP contribution in [0.4, 0.5) is 0 Å². The van der Waals surface area contributed by atoms with Gasteiger partial charge in [0, 0.05) is 25.2 Å². The lowest BCUT2D eigenvalue weighted by Gasteiger charge is -2.35. The third kappa shape index (κ3) is 2.91. The molecule has 1 amide bonds. The van der Waals surface area contributed by atoms with E-state index in [-0.39, 0.29) is 18.1 Å². The Morgan fingerprint density at radius 2 is 2.05 bits per heavy atom. The second-order valence-electron chi connectivity index (χ2n) is 6.37. The van der Waals surface area contributed by atoms with E-state index in [1.165, 1.54) is 12.8 Å². The highest BCUT2D eigenvalue weighted by atomic mass is 16.5. The molecule has 0 bridgehead atoms. The molecule has 2 aliphatic heterocycles. The van der Waals surface area contributed by atoms with Gasteiger partial charge in [-0.05, 0) is 32.1 Å². The van der Waals surface area contributed by atoms with E-state index in [9.17, 15) is 4.79 Å². The van der Waals surface area contributed by atoms with Gasteiger partial charge in [-0.3, -0.25) is 9.69 Å². The van der Waals surface area contributed by atoms with E-state index in [4.69, 9.17) is 4.74 Å². The molecular weight excluding hydrogens is 252 g/mol. The molecule has 1 aliphatic carbocycles. The molecule has 4 nitrogen and oxygen atoms in total. The Labute approximate surface area is 121 Å². The van der Waals surface area contributed by atoms with Gasteiger partial charge in [0.15, 0.2) is 0 Å². The fraction of sp³-hybridized carbons (Fsp3) is 0.812. The predicted octanol–water partition coefficient (Wildman–Crippen LogP) is 1.85. The maximum atomic E-state index is 12.3. The van der Waals surface area contributed by atoms with Crippen molar-refractivity contribution >= 4 is 5.91 Å². The first-order valence-electron chi connectivity index (χ1n) is 8.08. The Hall–Kier alpha value is -0.870. The van der Waals surface area contributed by atoms with Crippen molar-refractivity contribution in [3.63, 3.8) is 0 Å². The summed E-state index contributed by atoms with van der Waals surface area (Å²) in [5.74, 6) is 0.123. The van der Waals surface area contributed by atoms with Crippen LogP contribution >= 0.6 is 0 Å². The van der Waals surface area contributed by atoms with Gasteiger partial charge in [-0.1, -0.05) is 18.9 Å². The van der Waals surface area contributed by atoms with Crippen LogP contribution in [0.1, 0.15) is 44.9 Å². The van der Waals surface area contributed by atoms with Gasteiger partial charge in [0.1, 0.15) is 6.10 Å². The van der Waals surface area contributed by atoms with Crippen LogP contribution in [-0.4, -0.2) is 48.2 Å². The molecule has 3 rings (SSSR count). The Bertz CT molecular complexity index is 365. The summed E-state index contributed by atoms with van der Waals surface area (Å²) >= 11 is 0. The molecule has 1 N–H and O–H groups in total. The van der Waals surface area contributed by atoms with Crippen LogP contribution in [0.25, 0.3) is 0 Å². The number of rotatable bonds is 4. The van der Waals surface area contributed by atoms with E-state index in [0.717, 1.165) is 45.2 Å². The summed E-state index contributed by atoms with van der Waals surface area (Å²) in [6.45, 7) is 5.82. The fourth-order valence-corrected chi connectivity index (χ4v) is 3.96. The minimum absolute atomic E-state index is 0.123. The number of amides is 1. The third-order valence-corrected chi connectivity index (χ3v) is 5.02. The Morgan fingerprint density at radius 1 is 1.25 bits per heavy atom. The molecule has 3 aliphatic rings. The van der Waals surface area contributed by atoms with E-state index >= 15 is 0 Å². The molecule has 20 heavy (non-hydrogen) atoms. The summed E-state index contributed by atoms with van der Waals surface area (Å²) in [4.78, 5) is 14.7. The van der Waals surface area contributed by atoms with Crippen molar-refractivity contribution in [2.45, 2.75) is 69.2 Å². The summed E-state index contributed by atoms with van der Waals surface area (Å²) < 4.78 is 6.07. The molecule has 2 saturated heterocycles. The average Bonchev–Trinajstić information content (AvgIpc) is 3.09. The molecule has 0 aromatic rings. The Morgan fingerprint density at radius 3 is 2.80 bits per heavy atom. The van der Waals surface area contributed by atoms with E-state index in [0.29, 0.717) is 12.1 Å². The zero-order valence-corrected chi connectivity index (χ0v) is 12.2. The van der Waals surface area contributed by atoms with E-state index in [1.54, 1.807) is 0 Å². The molecule has 0 aromatic carbocycles. The minimum Gasteiger partial charge on any atom is -0.363 e. The van der Waals surface area contributed by atoms with Crippen molar-refractivity contribution in [1.82, 2.24) is 10.2 Å². The number of ether oxygens (including phenoxy) is 1. The fourth-order valence-electron chi connectivity index (χ4n) is 3.96. The number of carbonyl (C=O) groups excluding carboxylic acids is 1. The SMILES string of the molecule is C=CCN1CC[C@@H]2O[C@H](C(=O)NC3CCCC3)CC[C@@H]21. The van der Waals surface area contributed by atoms with Crippen molar-refractivity contribution < 1.29 is 9.53 Å². The standard InChI is InChI=1S/C16H26N2O2/c1-2-10-18-11-9-14-13(18)7-8-15(20-14)16(19)17-12-5-3-4-6-12/h2,12-15H,1,3-11H2,(H,17,19)/t13-,14-,15-/m0/s1. The number of hydrogen-bond acceptors (Lipinski definition) is 3. The van der Waals surface area contributed by atoms with Crippen LogP contribution in [-0.2, 0) is 9.53 Å². The largest absolute Gasteiger partial charge is 0.363 e. The second kappa shape index (κ2) is 6.27. The molecule has 3 fully saturated rings. The predicted molar refractivity (Wildman–Crippen MR) is 78.5 cm³/mol. The highest BCUT2D eigenvalue weighted by molar-refractivity contribution is 5.81. The van der Waals surface area contributed by atoms with Crippen LogP contribution in [0, 0.1) is 0 Å². The summed E-state index contributed by atoms with van der Waals surface area (Å²) in [6, 6.07) is 0.883. The van der Waals surface area contributed by atoms with Crippen LogP contribution in [0.2, 0.25) is 0 Å². The first-order chi connectivity index (χ1) is 9.78. The van der Waals surface area contributed by atoms with Gasteiger partial charge in [0.05, 0.1) is 6.10 Å². The van der Waals surface area contributed by atoms with Gasteiger partial charge >= 0.3 is 0 Å². The molecule has 0 radical (unpaired) electrons. The lowest BCUT2D eigenvalue weighted by Crippen LogP contribution is -2.49. The van der Waals surface area contributed by atoms with Crippen molar-refractivity contribution in [2.75, 3.05) is 13.1 Å². The number of nitrogens with one attached hydrogen (secondary N) is 1. The first kappa shape index (κ1) is 14.1. The van der Waals surface area contributed by atoms with Crippen LogP contribution in [0.3, 0.4) is 0 Å². The molecule has 112 valence electrons. The van der Waals surface area contributed by atoms with Crippen molar-refractivity contribution in [2.24, 2.45) is 0 Å². The molecule has 0 spiro atoms. The smallest absolute Gasteiger partial charge is 0.249 e. The lowest BCUT2D eigenvalue weighted by molar-refractivity contribution is -0.144. The summed E-state index contributed by atoms with van der Waals surface area (Å²) in [7, 11) is 0. The van der Waals surface area contributed by atoms with Gasteiger partial charge in [-0.25, -0.2) is 0 Å². The Kier molecular flexibility index (Phi) is 4.41. The topological polar surface area (TPSA) is 41.6 Å². The van der Waals surface area contributed by atoms with Crippen LogP contribution in [0.5, 0.6) is 0 Å². The zero-order valence-electron chi connectivity index (χ0n) is 12.2. The lowest BCUT2D eigenvalue weighted by atomic mass is 9.98. The quantitative estimate of drug-likeness (QED) is 0.798. The molecule has 0 aromatic heterocycles. The van der Waals surface area contributed by atoms with Crippen molar-refractivity contribution in [1.29, 1.82) is 0 Å². The highest BCUT2D eigenvalue weighted by Crippen LogP contribution is 2.31. The first-order valence-corrected chi connectivity index (χ1v) is 8.08. The number of carbonyl (C=O) groups is 1. The number of fused-ring (bicyclic) bond motifs is 1. The van der Waals surface area contributed by atoms with Gasteiger partial charge in [0.2, 0.25) is 5.91 Å². The van der Waals surface area contributed by atoms with Gasteiger partial charge < -0.3 is 10.1 Å². The molecular formula is C16H26N2O2. The van der Waals surface area contributed by atoms with E-state index < -0.39 is 0 Å². The summed E-state index contributed by atoms with van der Waals surface area (Å²) in [5, 5.41) is 3.17. The van der Waals surface area contributed by atoms with Gasteiger partial charge in [-0.15, -0.1) is 6.58 Å². The Balaban J connectivity index is 1.51. The number of nitrogens with zero attached hydrogens (tertiary/aromatic N) is 1. The zero-order chi connectivity index (χ0) is 13.9. The highest BCUT2D eigenvalue weighted by Gasteiger charge is 2.41. The maximum absolute atomic E-state index is 12.3. The third-order valence-electron chi connectivity index (χ3n) is 5.02. The maximum Gasteiger partial charge on any atom is 0.249 e. The normalized spacial score (nSPS) is 34.9. The number of hydrogen-bond donors (Lipinski definition) is 1. The minimum atomic E-state index is -0.222. The molecule has 0 unspecified atom stereocenters. The van der Waals surface area contributed by atoms with Gasteiger partial charge in [0.25, 0.3) is 0 Å². The summed E-state index contributed by atoms with van der Waals surface area (Å²) in [5.41, 5.74) is 0. The molecule has 2 heterocycles. The second-order valence-corrected chi connectivity index (χ2v) is 6.37. The van der Waals surface area contributed by atoms with Crippen LogP contribution < -0.4 is 5.32 Å². The molecule has 3 atom stereocenters. The molecule has 1 saturated carbocycles. The monoisotopic (exact) mass is 278 g/mol.